The van der Waals surface area contributed by atoms with Crippen LogP contribution in [0.2, 0.25) is 0 Å². The SMILES string of the molecule is CC(NC(=O)N1C[C@@H](C(F)(F)F)[C@H](C(=O)O)C1)c1ccc(F)c2ccccc12. The lowest BCUT2D eigenvalue weighted by Crippen LogP contribution is -2.40. The number of carbonyl (C=O) groups excluding carboxylic acids is 1. The highest BCUT2D eigenvalue weighted by molar-refractivity contribution is 5.87. The first kappa shape index (κ1) is 19.9. The number of aliphatic carboxylic acids is 1. The molecule has 1 aliphatic rings. The van der Waals surface area contributed by atoms with Gasteiger partial charge in [-0.15, -0.1) is 0 Å². The van der Waals surface area contributed by atoms with Crippen LogP contribution in [0.4, 0.5) is 22.4 Å². The minimum atomic E-state index is -4.71. The highest BCUT2D eigenvalue weighted by atomic mass is 19.4. The average molecular weight is 398 g/mol. The van der Waals surface area contributed by atoms with E-state index in [-0.39, 0.29) is 0 Å². The van der Waals surface area contributed by atoms with Crippen molar-refractivity contribution >= 4 is 22.8 Å². The Morgan fingerprint density at radius 1 is 1.14 bits per heavy atom. The predicted octanol–water partition coefficient (Wildman–Crippen LogP) is 3.94. The molecular formula is C19H18F4N2O3. The van der Waals surface area contributed by atoms with Gasteiger partial charge < -0.3 is 15.3 Å². The molecule has 3 rings (SSSR count). The van der Waals surface area contributed by atoms with E-state index in [0.717, 1.165) is 4.90 Å². The van der Waals surface area contributed by atoms with Crippen LogP contribution in [0.3, 0.4) is 0 Å². The molecule has 28 heavy (non-hydrogen) atoms. The van der Waals surface area contributed by atoms with Crippen molar-refractivity contribution in [3.05, 3.63) is 47.8 Å². The normalized spacial score (nSPS) is 21.0. The zero-order valence-electron chi connectivity index (χ0n) is 14.8. The van der Waals surface area contributed by atoms with Crippen LogP contribution in [0, 0.1) is 17.7 Å². The molecule has 0 radical (unpaired) electrons. The van der Waals surface area contributed by atoms with E-state index in [9.17, 15) is 27.2 Å². The second-order valence-corrected chi connectivity index (χ2v) is 6.85. The largest absolute Gasteiger partial charge is 0.481 e. The number of carbonyl (C=O) groups is 2. The second kappa shape index (κ2) is 7.29. The minimum Gasteiger partial charge on any atom is -0.481 e. The van der Waals surface area contributed by atoms with Crippen LogP contribution in [-0.4, -0.2) is 41.3 Å². The van der Waals surface area contributed by atoms with Crippen LogP contribution < -0.4 is 5.32 Å². The van der Waals surface area contributed by atoms with Gasteiger partial charge in [0.05, 0.1) is 17.9 Å². The van der Waals surface area contributed by atoms with Gasteiger partial charge in [0.2, 0.25) is 0 Å². The molecule has 0 bridgehead atoms. The van der Waals surface area contributed by atoms with Crippen LogP contribution in [0.15, 0.2) is 36.4 Å². The molecule has 2 N–H and O–H groups in total. The smallest absolute Gasteiger partial charge is 0.394 e. The van der Waals surface area contributed by atoms with E-state index >= 15 is 0 Å². The summed E-state index contributed by atoms with van der Waals surface area (Å²) in [5.74, 6) is -5.82. The second-order valence-electron chi connectivity index (χ2n) is 6.85. The molecule has 3 atom stereocenters. The molecule has 9 heteroatoms. The summed E-state index contributed by atoms with van der Waals surface area (Å²) < 4.78 is 53.2. The number of likely N-dealkylation sites (tertiary alicyclic amines) is 1. The molecule has 2 aromatic rings. The maximum Gasteiger partial charge on any atom is 0.394 e. The number of carboxylic acids is 1. The Morgan fingerprint density at radius 2 is 1.79 bits per heavy atom. The van der Waals surface area contributed by atoms with Crippen molar-refractivity contribution in [2.75, 3.05) is 13.1 Å². The fraction of sp³-hybridized carbons (Fsp3) is 0.368. The highest BCUT2D eigenvalue weighted by Crippen LogP contribution is 2.38. The van der Waals surface area contributed by atoms with Gasteiger partial charge in [0, 0.05) is 18.5 Å². The predicted molar refractivity (Wildman–Crippen MR) is 93.1 cm³/mol. The number of halogens is 4. The zero-order chi connectivity index (χ0) is 20.6. The number of fused-ring (bicyclic) bond motifs is 1. The number of nitrogens with one attached hydrogen (secondary N) is 1. The Labute approximate surface area is 157 Å². The van der Waals surface area contributed by atoms with Gasteiger partial charge in [-0.05, 0) is 23.9 Å². The Balaban J connectivity index is 1.79. The quantitative estimate of drug-likeness (QED) is 0.770. The van der Waals surface area contributed by atoms with Crippen molar-refractivity contribution in [3.8, 4) is 0 Å². The maximum absolute atomic E-state index is 14.0. The third kappa shape index (κ3) is 3.74. The van der Waals surface area contributed by atoms with Gasteiger partial charge >= 0.3 is 18.2 Å². The van der Waals surface area contributed by atoms with Gasteiger partial charge in [-0.25, -0.2) is 9.18 Å². The summed E-state index contributed by atoms with van der Waals surface area (Å²) in [4.78, 5) is 24.5. The summed E-state index contributed by atoms with van der Waals surface area (Å²) in [6.45, 7) is 0.384. The van der Waals surface area contributed by atoms with Gasteiger partial charge in [-0.1, -0.05) is 30.3 Å². The number of alkyl halides is 3. The van der Waals surface area contributed by atoms with E-state index in [4.69, 9.17) is 5.11 Å². The van der Waals surface area contributed by atoms with E-state index in [1.807, 2.05) is 0 Å². The van der Waals surface area contributed by atoms with Crippen LogP contribution >= 0.6 is 0 Å². The molecule has 0 spiro atoms. The van der Waals surface area contributed by atoms with Gasteiger partial charge in [-0.3, -0.25) is 4.79 Å². The Morgan fingerprint density at radius 3 is 2.36 bits per heavy atom. The topological polar surface area (TPSA) is 69.6 Å². The molecule has 2 aromatic carbocycles. The summed E-state index contributed by atoms with van der Waals surface area (Å²) in [5, 5.41) is 12.6. The first-order valence-corrected chi connectivity index (χ1v) is 8.61. The van der Waals surface area contributed by atoms with E-state index < -0.39 is 55.0 Å². The van der Waals surface area contributed by atoms with Crippen molar-refractivity contribution in [2.24, 2.45) is 11.8 Å². The maximum atomic E-state index is 14.0. The lowest BCUT2D eigenvalue weighted by atomic mass is 9.96. The van der Waals surface area contributed by atoms with E-state index in [1.165, 1.54) is 12.1 Å². The van der Waals surface area contributed by atoms with E-state index in [1.54, 1.807) is 31.2 Å². The van der Waals surface area contributed by atoms with Crippen molar-refractivity contribution in [2.45, 2.75) is 19.1 Å². The molecule has 5 nitrogen and oxygen atoms in total. The molecule has 1 heterocycles. The fourth-order valence-corrected chi connectivity index (χ4v) is 3.57. The summed E-state index contributed by atoms with van der Waals surface area (Å²) in [5.41, 5.74) is 0.603. The standard InChI is InChI=1S/C19H18F4N2O3/c1-10(11-6-7-16(20)13-5-3-2-4-12(11)13)24-18(28)25-8-14(17(26)27)15(9-25)19(21,22)23/h2-7,10,14-15H,8-9H2,1H3,(H,24,28)(H,26,27)/t10?,14-,15-/m1/s1. The number of carboxylic acid groups (broad SMARTS) is 1. The molecule has 150 valence electrons. The monoisotopic (exact) mass is 398 g/mol. The number of hydrogen-bond acceptors (Lipinski definition) is 2. The number of nitrogens with zero attached hydrogens (tertiary/aromatic N) is 1. The number of hydrogen-bond donors (Lipinski definition) is 2. The summed E-state index contributed by atoms with van der Waals surface area (Å²) in [6, 6.07) is 8.02. The van der Waals surface area contributed by atoms with E-state index in [0.29, 0.717) is 16.3 Å². The summed E-state index contributed by atoms with van der Waals surface area (Å²) in [6.07, 6.45) is -4.71. The van der Waals surface area contributed by atoms with Gasteiger partial charge in [-0.2, -0.15) is 13.2 Å². The fourth-order valence-electron chi connectivity index (χ4n) is 3.57. The minimum absolute atomic E-state index is 0.366. The molecular weight excluding hydrogens is 380 g/mol. The van der Waals surface area contributed by atoms with Gasteiger partial charge in [0.25, 0.3) is 0 Å². The van der Waals surface area contributed by atoms with Crippen LogP contribution in [0.1, 0.15) is 18.5 Å². The van der Waals surface area contributed by atoms with Crippen LogP contribution in [0.5, 0.6) is 0 Å². The molecule has 1 unspecified atom stereocenters. The summed E-state index contributed by atoms with van der Waals surface area (Å²) >= 11 is 0. The lowest BCUT2D eigenvalue weighted by molar-refractivity contribution is -0.187. The van der Waals surface area contributed by atoms with Gasteiger partial charge in [0.1, 0.15) is 5.82 Å². The Hall–Kier alpha value is -2.84. The number of urea groups is 1. The molecule has 1 aliphatic heterocycles. The first-order valence-electron chi connectivity index (χ1n) is 8.61. The van der Waals surface area contributed by atoms with Crippen molar-refractivity contribution < 1.29 is 32.3 Å². The lowest BCUT2D eigenvalue weighted by Gasteiger charge is -2.22. The van der Waals surface area contributed by atoms with Gasteiger partial charge in [0.15, 0.2) is 0 Å². The molecule has 1 saturated heterocycles. The van der Waals surface area contributed by atoms with Crippen molar-refractivity contribution in [1.82, 2.24) is 10.2 Å². The van der Waals surface area contributed by atoms with Crippen LogP contribution in [-0.2, 0) is 4.79 Å². The molecule has 1 fully saturated rings. The Kier molecular flexibility index (Phi) is 5.18. The zero-order valence-corrected chi connectivity index (χ0v) is 14.8. The highest BCUT2D eigenvalue weighted by Gasteiger charge is 2.53. The molecule has 0 aliphatic carbocycles. The molecule has 0 saturated carbocycles. The third-order valence-corrected chi connectivity index (χ3v) is 5.06. The van der Waals surface area contributed by atoms with Crippen molar-refractivity contribution in [3.63, 3.8) is 0 Å². The Bertz CT molecular complexity index is 916. The third-order valence-electron chi connectivity index (χ3n) is 5.06. The summed E-state index contributed by atoms with van der Waals surface area (Å²) in [7, 11) is 0. The molecule has 0 aromatic heterocycles. The number of amides is 2. The number of rotatable bonds is 3. The number of benzene rings is 2. The van der Waals surface area contributed by atoms with Crippen LogP contribution in [0.25, 0.3) is 10.8 Å². The van der Waals surface area contributed by atoms with Crippen molar-refractivity contribution in [1.29, 1.82) is 0 Å². The average Bonchev–Trinajstić information content (AvgIpc) is 3.08. The molecule has 2 amide bonds. The first-order chi connectivity index (χ1) is 13.1. The van der Waals surface area contributed by atoms with E-state index in [2.05, 4.69) is 5.32 Å².